The molecule has 240 valence electrons. The monoisotopic (exact) mass is 605 g/mol. The summed E-state index contributed by atoms with van der Waals surface area (Å²) in [5.74, 6) is -2.19. The molecule has 1 spiro atoms. The average molecular weight is 606 g/mol. The minimum Gasteiger partial charge on any atom is -0.394 e. The third-order valence-electron chi connectivity index (χ3n) is 9.84. The molecular weight excluding hydrogens is 554 g/mol. The fourth-order valence-electron chi connectivity index (χ4n) is 8.61. The summed E-state index contributed by atoms with van der Waals surface area (Å²) >= 11 is 0. The Kier molecular flexibility index (Phi) is 8.43. The van der Waals surface area contributed by atoms with Crippen LogP contribution >= 0.6 is 0 Å². The van der Waals surface area contributed by atoms with E-state index in [1.165, 1.54) is 0 Å². The number of hydrogen-bond donors (Lipinski definition) is 1. The van der Waals surface area contributed by atoms with Gasteiger partial charge in [-0.15, -0.1) is 0 Å². The molecular formula is C36H51N3O5. The van der Waals surface area contributed by atoms with Crippen LogP contribution in [0.25, 0.3) is 0 Å². The number of rotatable bonds is 8. The van der Waals surface area contributed by atoms with Crippen molar-refractivity contribution in [2.24, 2.45) is 23.2 Å². The van der Waals surface area contributed by atoms with Gasteiger partial charge in [0.2, 0.25) is 17.7 Å². The van der Waals surface area contributed by atoms with Gasteiger partial charge < -0.3 is 24.5 Å². The van der Waals surface area contributed by atoms with Crippen LogP contribution < -0.4 is 0 Å². The summed E-state index contributed by atoms with van der Waals surface area (Å²) in [6.45, 7) is 17.5. The second-order valence-corrected chi connectivity index (χ2v) is 15.7. The van der Waals surface area contributed by atoms with Crippen LogP contribution in [-0.4, -0.2) is 86.0 Å². The zero-order valence-corrected chi connectivity index (χ0v) is 27.7. The molecule has 5 rings (SSSR count). The Hall–Kier alpha value is -2.97. The number of carbonyl (C=O) groups is 3. The van der Waals surface area contributed by atoms with Crippen molar-refractivity contribution in [2.45, 2.75) is 104 Å². The molecule has 0 radical (unpaired) electrons. The summed E-state index contributed by atoms with van der Waals surface area (Å²) in [4.78, 5) is 49.6. The maximum atomic E-state index is 14.9. The van der Waals surface area contributed by atoms with E-state index in [0.29, 0.717) is 26.1 Å². The first-order chi connectivity index (χ1) is 20.5. The van der Waals surface area contributed by atoms with Crippen LogP contribution in [0.2, 0.25) is 0 Å². The van der Waals surface area contributed by atoms with E-state index >= 15 is 0 Å². The highest BCUT2D eigenvalue weighted by Crippen LogP contribution is 2.58. The Labute approximate surface area is 263 Å². The molecule has 4 heterocycles. The van der Waals surface area contributed by atoms with Gasteiger partial charge in [0.25, 0.3) is 0 Å². The van der Waals surface area contributed by atoms with Gasteiger partial charge in [-0.25, -0.2) is 0 Å². The summed E-state index contributed by atoms with van der Waals surface area (Å²) in [5, 5.41) is 10.7. The number of likely N-dealkylation sites (tertiary alicyclic amines) is 1. The van der Waals surface area contributed by atoms with E-state index in [-0.39, 0.29) is 35.7 Å². The zero-order valence-electron chi connectivity index (χ0n) is 27.7. The minimum atomic E-state index is -1.35. The quantitative estimate of drug-likeness (QED) is 0.439. The molecule has 1 N–H and O–H groups in total. The molecule has 1 aromatic carbocycles. The molecule has 0 aliphatic carbocycles. The lowest BCUT2D eigenvalue weighted by Crippen LogP contribution is -2.62. The van der Waals surface area contributed by atoms with Crippen molar-refractivity contribution >= 4 is 17.7 Å². The van der Waals surface area contributed by atoms with Gasteiger partial charge in [0.1, 0.15) is 11.6 Å². The van der Waals surface area contributed by atoms with E-state index < -0.39 is 40.7 Å². The standard InChI is InChI=1S/C36H51N3O5/c1-24(2)20-26(22-40)39-29-32(43)38(34(6,7)23-33(3,4)5)19-13-17-36(29)28(31(39)42)27-30(41)37(18-12-16-35(27,8)44-36)21-25-14-10-9-11-15-25/h9-17,24,26-29,40H,18-23H2,1-8H3/t26-,27-,28+,29?,35+,36+/m1/s1. The number of benzene rings is 1. The number of fused-ring (bicyclic) bond motifs is 2. The Balaban J connectivity index is 1.62. The highest BCUT2D eigenvalue weighted by molar-refractivity contribution is 6.00. The summed E-state index contributed by atoms with van der Waals surface area (Å²) in [5.41, 5.74) is -1.98. The van der Waals surface area contributed by atoms with Gasteiger partial charge in [-0.05, 0) is 50.5 Å². The molecule has 1 unspecified atom stereocenters. The van der Waals surface area contributed by atoms with Crippen LogP contribution in [0, 0.1) is 23.2 Å². The van der Waals surface area contributed by atoms with Crippen molar-refractivity contribution in [1.82, 2.24) is 14.7 Å². The zero-order chi connectivity index (χ0) is 32.2. The first-order valence-corrected chi connectivity index (χ1v) is 16.2. The third-order valence-corrected chi connectivity index (χ3v) is 9.84. The van der Waals surface area contributed by atoms with Crippen molar-refractivity contribution in [2.75, 3.05) is 19.7 Å². The smallest absolute Gasteiger partial charge is 0.249 e. The number of ether oxygens (including phenoxy) is 1. The Morgan fingerprint density at radius 2 is 1.59 bits per heavy atom. The number of amides is 3. The predicted octanol–water partition coefficient (Wildman–Crippen LogP) is 4.58. The molecule has 8 heteroatoms. The molecule has 8 nitrogen and oxygen atoms in total. The van der Waals surface area contributed by atoms with E-state index in [1.807, 2.05) is 80.3 Å². The third kappa shape index (κ3) is 5.53. The number of hydrogen-bond acceptors (Lipinski definition) is 5. The van der Waals surface area contributed by atoms with Crippen LogP contribution in [0.15, 0.2) is 54.6 Å². The van der Waals surface area contributed by atoms with Crippen molar-refractivity contribution in [3.63, 3.8) is 0 Å². The van der Waals surface area contributed by atoms with E-state index in [1.54, 1.807) is 9.80 Å². The van der Waals surface area contributed by atoms with Gasteiger partial charge in [-0.2, -0.15) is 0 Å². The predicted molar refractivity (Wildman–Crippen MR) is 170 cm³/mol. The minimum absolute atomic E-state index is 0.0412. The number of aliphatic hydroxyl groups excluding tert-OH is 1. The Bertz CT molecular complexity index is 1330. The lowest BCUT2D eigenvalue weighted by atomic mass is 9.74. The molecule has 0 saturated carbocycles. The maximum Gasteiger partial charge on any atom is 0.249 e. The fourth-order valence-corrected chi connectivity index (χ4v) is 8.61. The maximum absolute atomic E-state index is 14.9. The van der Waals surface area contributed by atoms with Gasteiger partial charge in [0.15, 0.2) is 0 Å². The molecule has 44 heavy (non-hydrogen) atoms. The lowest BCUT2D eigenvalue weighted by Gasteiger charge is -2.46. The van der Waals surface area contributed by atoms with Gasteiger partial charge in [0.05, 0.1) is 30.1 Å². The second-order valence-electron chi connectivity index (χ2n) is 15.7. The van der Waals surface area contributed by atoms with E-state index in [9.17, 15) is 19.5 Å². The second kappa shape index (κ2) is 11.4. The van der Waals surface area contributed by atoms with Crippen LogP contribution in [0.4, 0.5) is 0 Å². The number of aliphatic hydroxyl groups is 1. The van der Waals surface area contributed by atoms with Gasteiger partial charge in [-0.3, -0.25) is 14.4 Å². The molecule has 2 fully saturated rings. The van der Waals surface area contributed by atoms with E-state index in [0.717, 1.165) is 12.0 Å². The van der Waals surface area contributed by atoms with Gasteiger partial charge in [0, 0.05) is 25.2 Å². The fraction of sp³-hybridized carbons (Fsp3) is 0.639. The highest BCUT2D eigenvalue weighted by atomic mass is 16.5. The summed E-state index contributed by atoms with van der Waals surface area (Å²) < 4.78 is 7.02. The van der Waals surface area contributed by atoms with Crippen molar-refractivity contribution in [3.8, 4) is 0 Å². The van der Waals surface area contributed by atoms with Crippen LogP contribution in [0.3, 0.4) is 0 Å². The van der Waals surface area contributed by atoms with E-state index in [2.05, 4.69) is 34.6 Å². The normalized spacial score (nSPS) is 31.3. The molecule has 0 bridgehead atoms. The van der Waals surface area contributed by atoms with Crippen LogP contribution in [0.1, 0.15) is 73.8 Å². The SMILES string of the molecule is CC(C)C[C@H](CO)N1C(=O)[C@@H]2[C@@H]3C(=O)N(Cc4ccccc4)CC=C[C@]3(C)O[C@@]23C=CCN(C(C)(C)CC(C)(C)C)C(=O)C13. The van der Waals surface area contributed by atoms with E-state index in [4.69, 9.17) is 4.74 Å². The van der Waals surface area contributed by atoms with Crippen molar-refractivity contribution in [1.29, 1.82) is 0 Å². The number of nitrogens with zero attached hydrogens (tertiary/aromatic N) is 3. The average Bonchev–Trinajstić information content (AvgIpc) is 3.19. The van der Waals surface area contributed by atoms with Crippen molar-refractivity contribution < 1.29 is 24.2 Å². The Morgan fingerprint density at radius 1 is 0.932 bits per heavy atom. The first kappa shape index (κ1) is 32.4. The largest absolute Gasteiger partial charge is 0.394 e. The summed E-state index contributed by atoms with van der Waals surface area (Å²) in [7, 11) is 0. The Morgan fingerprint density at radius 3 is 2.20 bits per heavy atom. The summed E-state index contributed by atoms with van der Waals surface area (Å²) in [6, 6.07) is 8.25. The first-order valence-electron chi connectivity index (χ1n) is 16.2. The molecule has 2 saturated heterocycles. The molecule has 3 amide bonds. The molecule has 4 aliphatic rings. The van der Waals surface area contributed by atoms with Gasteiger partial charge >= 0.3 is 0 Å². The number of carbonyl (C=O) groups excluding carboxylic acids is 3. The molecule has 0 aromatic heterocycles. The molecule has 1 aromatic rings. The molecule has 4 aliphatic heterocycles. The molecule has 6 atom stereocenters. The lowest BCUT2D eigenvalue weighted by molar-refractivity contribution is -0.159. The van der Waals surface area contributed by atoms with Gasteiger partial charge in [-0.1, -0.05) is 89.3 Å². The summed E-state index contributed by atoms with van der Waals surface area (Å²) in [6.07, 6.45) is 9.00. The topological polar surface area (TPSA) is 90.4 Å². The highest BCUT2D eigenvalue weighted by Gasteiger charge is 2.75. The van der Waals surface area contributed by atoms with Crippen LogP contribution in [-0.2, 0) is 25.7 Å². The van der Waals surface area contributed by atoms with Crippen molar-refractivity contribution in [3.05, 3.63) is 60.2 Å². The van der Waals surface area contributed by atoms with Crippen LogP contribution in [0.5, 0.6) is 0 Å².